The molecule has 0 N–H and O–H groups in total. The largest absolute Gasteiger partial charge is 0.298 e. The fourth-order valence-electron chi connectivity index (χ4n) is 1.18. The van der Waals surface area contributed by atoms with E-state index in [2.05, 4.69) is 0 Å². The van der Waals surface area contributed by atoms with E-state index in [-0.39, 0.29) is 11.1 Å². The van der Waals surface area contributed by atoms with Crippen LogP contribution in [-0.2, 0) is 4.79 Å². The van der Waals surface area contributed by atoms with Gasteiger partial charge in [0.15, 0.2) is 0 Å². The van der Waals surface area contributed by atoms with Gasteiger partial charge in [0.05, 0.1) is 5.25 Å². The van der Waals surface area contributed by atoms with Gasteiger partial charge in [-0.1, -0.05) is 0 Å². The minimum absolute atomic E-state index is 0.116. The molecule has 0 aliphatic heterocycles. The number of halogens is 1. The maximum Gasteiger partial charge on any atom is 0.146 e. The summed E-state index contributed by atoms with van der Waals surface area (Å²) >= 11 is 1.53. The van der Waals surface area contributed by atoms with Crippen molar-refractivity contribution in [1.82, 2.24) is 0 Å². The van der Waals surface area contributed by atoms with Crippen molar-refractivity contribution < 1.29 is 9.18 Å². The van der Waals surface area contributed by atoms with Crippen molar-refractivity contribution in [2.24, 2.45) is 0 Å². The number of Topliss-reactive ketones (excluding diaryl/α,β-unsaturated/α-hetero) is 1. The van der Waals surface area contributed by atoms with Crippen LogP contribution >= 0.6 is 11.8 Å². The van der Waals surface area contributed by atoms with Gasteiger partial charge in [-0.25, -0.2) is 4.39 Å². The molecule has 1 unspecified atom stereocenters. The molecule has 0 saturated heterocycles. The predicted molar refractivity (Wildman–Crippen MR) is 50.3 cm³/mol. The van der Waals surface area contributed by atoms with Gasteiger partial charge in [0.1, 0.15) is 11.6 Å². The number of carbonyl (C=O) groups is 1. The van der Waals surface area contributed by atoms with Gasteiger partial charge in [-0.2, -0.15) is 0 Å². The van der Waals surface area contributed by atoms with Crippen LogP contribution < -0.4 is 0 Å². The molecule has 1 aromatic carbocycles. The molecule has 68 valence electrons. The molecule has 1 aromatic rings. The molecule has 1 aliphatic rings. The third kappa shape index (κ3) is 1.91. The van der Waals surface area contributed by atoms with Crippen molar-refractivity contribution >= 4 is 17.5 Å². The lowest BCUT2D eigenvalue weighted by Gasteiger charge is -2.22. The fraction of sp³-hybridized carbons (Fsp3) is 0.300. The zero-order valence-electron chi connectivity index (χ0n) is 7.00. The third-order valence-electron chi connectivity index (χ3n) is 2.10. The average Bonchev–Trinajstić information content (AvgIpc) is 2.15. The molecular weight excluding hydrogens is 187 g/mol. The first kappa shape index (κ1) is 8.75. The van der Waals surface area contributed by atoms with Crippen molar-refractivity contribution in [3.63, 3.8) is 0 Å². The van der Waals surface area contributed by atoms with Crippen LogP contribution in [0.15, 0.2) is 29.2 Å². The summed E-state index contributed by atoms with van der Waals surface area (Å²) in [6.45, 7) is 0. The van der Waals surface area contributed by atoms with Gasteiger partial charge >= 0.3 is 0 Å². The lowest BCUT2D eigenvalue weighted by Crippen LogP contribution is -2.27. The molecule has 1 atom stereocenters. The lowest BCUT2D eigenvalue weighted by atomic mass is 9.98. The van der Waals surface area contributed by atoms with Crippen molar-refractivity contribution in [2.75, 3.05) is 0 Å². The minimum Gasteiger partial charge on any atom is -0.298 e. The highest BCUT2D eigenvalue weighted by Crippen LogP contribution is 2.33. The van der Waals surface area contributed by atoms with Crippen molar-refractivity contribution in [3.05, 3.63) is 30.1 Å². The fourth-order valence-corrected chi connectivity index (χ4v) is 2.29. The standard InChI is InChI=1S/C10H9FOS/c11-7-1-3-8(4-2-7)13-10-6-5-9(10)12/h1-4,10H,5-6H2. The Hall–Kier alpha value is -0.830. The number of hydrogen-bond donors (Lipinski definition) is 0. The molecule has 1 nitrogen and oxygen atoms in total. The van der Waals surface area contributed by atoms with E-state index in [0.717, 1.165) is 11.3 Å². The summed E-state index contributed by atoms with van der Waals surface area (Å²) in [6, 6.07) is 6.27. The Morgan fingerprint density at radius 2 is 2.00 bits per heavy atom. The second-order valence-electron chi connectivity index (χ2n) is 3.07. The number of thioether (sulfide) groups is 1. The summed E-state index contributed by atoms with van der Waals surface area (Å²) in [4.78, 5) is 12.0. The second kappa shape index (κ2) is 3.50. The summed E-state index contributed by atoms with van der Waals surface area (Å²) in [5, 5.41) is 0.116. The molecule has 0 bridgehead atoms. The van der Waals surface area contributed by atoms with Gasteiger partial charge in [0, 0.05) is 11.3 Å². The van der Waals surface area contributed by atoms with E-state index in [0.29, 0.717) is 12.2 Å². The Bertz CT molecular complexity index is 320. The Labute approximate surface area is 80.3 Å². The molecular formula is C10H9FOS. The SMILES string of the molecule is O=C1CCC1Sc1ccc(F)cc1. The summed E-state index contributed by atoms with van der Waals surface area (Å²) in [7, 11) is 0. The van der Waals surface area contributed by atoms with Crippen LogP contribution in [0.4, 0.5) is 4.39 Å². The van der Waals surface area contributed by atoms with Gasteiger partial charge in [0.25, 0.3) is 0 Å². The molecule has 0 aromatic heterocycles. The van der Waals surface area contributed by atoms with Crippen molar-refractivity contribution in [2.45, 2.75) is 23.0 Å². The van der Waals surface area contributed by atoms with E-state index in [1.165, 1.54) is 23.9 Å². The minimum atomic E-state index is -0.232. The van der Waals surface area contributed by atoms with E-state index in [1.807, 2.05) is 0 Å². The molecule has 13 heavy (non-hydrogen) atoms. The van der Waals surface area contributed by atoms with Crippen molar-refractivity contribution in [1.29, 1.82) is 0 Å². The molecule has 3 heteroatoms. The zero-order valence-corrected chi connectivity index (χ0v) is 7.81. The lowest BCUT2D eigenvalue weighted by molar-refractivity contribution is -0.122. The van der Waals surface area contributed by atoms with E-state index < -0.39 is 0 Å². The topological polar surface area (TPSA) is 17.1 Å². The molecule has 1 fully saturated rings. The molecule has 0 amide bonds. The first-order chi connectivity index (χ1) is 6.25. The Balaban J connectivity index is 2.01. The van der Waals surface area contributed by atoms with Gasteiger partial charge in [-0.05, 0) is 30.7 Å². The molecule has 2 rings (SSSR count). The zero-order chi connectivity index (χ0) is 9.26. The number of ketones is 1. The van der Waals surface area contributed by atoms with Gasteiger partial charge in [0.2, 0.25) is 0 Å². The van der Waals surface area contributed by atoms with Crippen LogP contribution in [-0.4, -0.2) is 11.0 Å². The molecule has 1 saturated carbocycles. The maximum atomic E-state index is 12.5. The van der Waals surface area contributed by atoms with Crippen LogP contribution in [0.3, 0.4) is 0 Å². The summed E-state index contributed by atoms with van der Waals surface area (Å²) in [5.41, 5.74) is 0. The van der Waals surface area contributed by atoms with Crippen molar-refractivity contribution in [3.8, 4) is 0 Å². The smallest absolute Gasteiger partial charge is 0.146 e. The Kier molecular flexibility index (Phi) is 2.36. The number of benzene rings is 1. The molecule has 0 spiro atoms. The molecule has 0 heterocycles. The first-order valence-corrected chi connectivity index (χ1v) is 5.08. The summed E-state index contributed by atoms with van der Waals surface area (Å²) < 4.78 is 12.5. The quantitative estimate of drug-likeness (QED) is 0.723. The van der Waals surface area contributed by atoms with E-state index in [1.54, 1.807) is 12.1 Å². The predicted octanol–water partition coefficient (Wildman–Crippen LogP) is 2.65. The van der Waals surface area contributed by atoms with Crippen LogP contribution in [0, 0.1) is 5.82 Å². The summed E-state index contributed by atoms with van der Waals surface area (Å²) in [6.07, 6.45) is 1.67. The first-order valence-electron chi connectivity index (χ1n) is 4.20. The third-order valence-corrected chi connectivity index (χ3v) is 3.43. The van der Waals surface area contributed by atoms with Crippen LogP contribution in [0.1, 0.15) is 12.8 Å². The number of hydrogen-bond acceptors (Lipinski definition) is 2. The molecule has 0 radical (unpaired) electrons. The van der Waals surface area contributed by atoms with Gasteiger partial charge < -0.3 is 0 Å². The Morgan fingerprint density at radius 3 is 2.46 bits per heavy atom. The van der Waals surface area contributed by atoms with E-state index >= 15 is 0 Å². The Morgan fingerprint density at radius 1 is 1.31 bits per heavy atom. The van der Waals surface area contributed by atoms with E-state index in [9.17, 15) is 9.18 Å². The maximum absolute atomic E-state index is 12.5. The molecule has 1 aliphatic carbocycles. The second-order valence-corrected chi connectivity index (χ2v) is 4.34. The van der Waals surface area contributed by atoms with Gasteiger partial charge in [-0.3, -0.25) is 4.79 Å². The normalized spacial score (nSPS) is 21.3. The highest BCUT2D eigenvalue weighted by Gasteiger charge is 2.28. The highest BCUT2D eigenvalue weighted by molar-refractivity contribution is 8.00. The highest BCUT2D eigenvalue weighted by atomic mass is 32.2. The van der Waals surface area contributed by atoms with Crippen LogP contribution in [0.5, 0.6) is 0 Å². The monoisotopic (exact) mass is 196 g/mol. The average molecular weight is 196 g/mol. The number of rotatable bonds is 2. The van der Waals surface area contributed by atoms with Crippen LogP contribution in [0.2, 0.25) is 0 Å². The summed E-state index contributed by atoms with van der Waals surface area (Å²) in [5.74, 6) is 0.0820. The van der Waals surface area contributed by atoms with Gasteiger partial charge in [-0.15, -0.1) is 11.8 Å². The van der Waals surface area contributed by atoms with Crippen LogP contribution in [0.25, 0.3) is 0 Å². The number of carbonyl (C=O) groups excluding carboxylic acids is 1. The van der Waals surface area contributed by atoms with E-state index in [4.69, 9.17) is 0 Å².